The summed E-state index contributed by atoms with van der Waals surface area (Å²) in [5, 5.41) is 22.6. The van der Waals surface area contributed by atoms with Crippen molar-refractivity contribution in [3.63, 3.8) is 0 Å². The van der Waals surface area contributed by atoms with Crippen LogP contribution in [0.2, 0.25) is 0 Å². The van der Waals surface area contributed by atoms with Gasteiger partial charge < -0.3 is 5.32 Å². The van der Waals surface area contributed by atoms with Crippen molar-refractivity contribution in [2.45, 2.75) is 6.42 Å². The van der Waals surface area contributed by atoms with Crippen molar-refractivity contribution < 1.29 is 4.92 Å². The Bertz CT molecular complexity index is 652. The maximum atomic E-state index is 10.6. The molecule has 0 aliphatic carbocycles. The fourth-order valence-electron chi connectivity index (χ4n) is 1.65. The summed E-state index contributed by atoms with van der Waals surface area (Å²) in [6, 6.07) is 6.90. The van der Waals surface area contributed by atoms with Crippen LogP contribution in [-0.4, -0.2) is 21.4 Å². The number of aromatic nitrogens is 2. The van der Waals surface area contributed by atoms with Gasteiger partial charge in [-0.25, -0.2) is 4.98 Å². The SMILES string of the molecule is N#Cc1cc([N+](=O)[O-])cnc1NCCc1cccnc1. The Labute approximate surface area is 115 Å². The largest absolute Gasteiger partial charge is 0.369 e. The molecule has 7 heteroatoms. The first-order valence-corrected chi connectivity index (χ1v) is 5.88. The zero-order valence-electron chi connectivity index (χ0n) is 10.5. The normalized spacial score (nSPS) is 9.75. The summed E-state index contributed by atoms with van der Waals surface area (Å²) in [6.45, 7) is 0.561. The standard InChI is InChI=1S/C13H11N5O2/c14-7-11-6-12(18(19)20)9-17-13(11)16-5-3-10-2-1-4-15-8-10/h1-2,4,6,8-9H,3,5H2,(H,16,17). The van der Waals surface area contributed by atoms with Gasteiger partial charge in [-0.15, -0.1) is 0 Å². The highest BCUT2D eigenvalue weighted by Gasteiger charge is 2.11. The van der Waals surface area contributed by atoms with Gasteiger partial charge in [0, 0.05) is 25.0 Å². The van der Waals surface area contributed by atoms with Crippen LogP contribution in [0.5, 0.6) is 0 Å². The Morgan fingerprint density at radius 3 is 2.95 bits per heavy atom. The lowest BCUT2D eigenvalue weighted by Gasteiger charge is -2.06. The Balaban J connectivity index is 2.03. The van der Waals surface area contributed by atoms with E-state index < -0.39 is 4.92 Å². The van der Waals surface area contributed by atoms with Crippen molar-refractivity contribution in [1.82, 2.24) is 9.97 Å². The lowest BCUT2D eigenvalue weighted by Crippen LogP contribution is -2.08. The Morgan fingerprint density at radius 2 is 2.30 bits per heavy atom. The molecule has 100 valence electrons. The van der Waals surface area contributed by atoms with E-state index in [0.29, 0.717) is 12.4 Å². The molecule has 0 unspecified atom stereocenters. The second kappa shape index (κ2) is 6.24. The maximum Gasteiger partial charge on any atom is 0.289 e. The van der Waals surface area contributed by atoms with Crippen LogP contribution < -0.4 is 5.32 Å². The van der Waals surface area contributed by atoms with Crippen molar-refractivity contribution in [3.8, 4) is 6.07 Å². The molecule has 0 amide bonds. The number of rotatable bonds is 5. The first kappa shape index (κ1) is 13.4. The number of nitrogens with one attached hydrogen (secondary N) is 1. The van der Waals surface area contributed by atoms with Gasteiger partial charge in [0.15, 0.2) is 0 Å². The van der Waals surface area contributed by atoms with Gasteiger partial charge in [0.2, 0.25) is 0 Å². The molecule has 0 atom stereocenters. The van der Waals surface area contributed by atoms with Crippen molar-refractivity contribution in [3.05, 3.63) is 58.0 Å². The van der Waals surface area contributed by atoms with E-state index in [2.05, 4.69) is 15.3 Å². The summed E-state index contributed by atoms with van der Waals surface area (Å²) >= 11 is 0. The monoisotopic (exact) mass is 269 g/mol. The average molecular weight is 269 g/mol. The van der Waals surface area contributed by atoms with Gasteiger partial charge in [-0.05, 0) is 18.1 Å². The van der Waals surface area contributed by atoms with Gasteiger partial charge in [0.05, 0.1) is 4.92 Å². The lowest BCUT2D eigenvalue weighted by molar-refractivity contribution is -0.385. The number of nitriles is 1. The van der Waals surface area contributed by atoms with Gasteiger partial charge in [-0.2, -0.15) is 5.26 Å². The molecule has 0 fully saturated rings. The number of pyridine rings is 2. The summed E-state index contributed by atoms with van der Waals surface area (Å²) in [5.41, 5.74) is 1.02. The van der Waals surface area contributed by atoms with Gasteiger partial charge in [0.1, 0.15) is 23.6 Å². The third-order valence-electron chi connectivity index (χ3n) is 2.63. The molecule has 0 aromatic carbocycles. The fourth-order valence-corrected chi connectivity index (χ4v) is 1.65. The molecule has 0 saturated heterocycles. The minimum absolute atomic E-state index is 0.158. The molecule has 0 spiro atoms. The molecule has 2 aromatic rings. The van der Waals surface area contributed by atoms with Crippen molar-refractivity contribution in [2.24, 2.45) is 0 Å². The van der Waals surface area contributed by atoms with Crippen LogP contribution in [-0.2, 0) is 6.42 Å². The first-order valence-electron chi connectivity index (χ1n) is 5.88. The molecule has 0 radical (unpaired) electrons. The van der Waals surface area contributed by atoms with Gasteiger partial charge in [-0.1, -0.05) is 6.07 Å². The summed E-state index contributed by atoms with van der Waals surface area (Å²) in [7, 11) is 0. The molecule has 2 aromatic heterocycles. The third kappa shape index (κ3) is 3.26. The summed E-state index contributed by atoms with van der Waals surface area (Å²) in [6.07, 6.45) is 5.31. The Hall–Kier alpha value is -3.01. The molecule has 2 heterocycles. The second-order valence-electron chi connectivity index (χ2n) is 4.00. The number of nitro groups is 1. The lowest BCUT2D eigenvalue weighted by atomic mass is 10.2. The molecule has 20 heavy (non-hydrogen) atoms. The third-order valence-corrected chi connectivity index (χ3v) is 2.63. The highest BCUT2D eigenvalue weighted by Crippen LogP contribution is 2.18. The molecule has 0 bridgehead atoms. The van der Waals surface area contributed by atoms with Crippen LogP contribution in [0, 0.1) is 21.4 Å². The quantitative estimate of drug-likeness (QED) is 0.656. The molecular weight excluding hydrogens is 258 g/mol. The topological polar surface area (TPSA) is 105 Å². The molecule has 0 saturated carbocycles. The van der Waals surface area contributed by atoms with E-state index in [-0.39, 0.29) is 11.3 Å². The van der Waals surface area contributed by atoms with Crippen LogP contribution in [0.4, 0.5) is 11.5 Å². The number of hydrogen-bond donors (Lipinski definition) is 1. The van der Waals surface area contributed by atoms with Crippen LogP contribution in [0.25, 0.3) is 0 Å². The first-order chi connectivity index (χ1) is 9.70. The van der Waals surface area contributed by atoms with Crippen LogP contribution >= 0.6 is 0 Å². The number of anilines is 1. The number of hydrogen-bond acceptors (Lipinski definition) is 6. The minimum Gasteiger partial charge on any atom is -0.369 e. The molecule has 0 aliphatic heterocycles. The van der Waals surface area contributed by atoms with E-state index in [4.69, 9.17) is 5.26 Å². The Morgan fingerprint density at radius 1 is 1.45 bits per heavy atom. The van der Waals surface area contributed by atoms with Gasteiger partial charge in [0.25, 0.3) is 5.69 Å². The van der Waals surface area contributed by atoms with Gasteiger partial charge in [-0.3, -0.25) is 15.1 Å². The predicted molar refractivity (Wildman–Crippen MR) is 72.0 cm³/mol. The maximum absolute atomic E-state index is 10.6. The van der Waals surface area contributed by atoms with Crippen molar-refractivity contribution >= 4 is 11.5 Å². The molecule has 2 rings (SSSR count). The highest BCUT2D eigenvalue weighted by atomic mass is 16.6. The van der Waals surface area contributed by atoms with E-state index in [1.807, 2.05) is 18.2 Å². The van der Waals surface area contributed by atoms with E-state index in [0.717, 1.165) is 18.2 Å². The molecule has 1 N–H and O–H groups in total. The van der Waals surface area contributed by atoms with Gasteiger partial charge >= 0.3 is 0 Å². The minimum atomic E-state index is -0.576. The average Bonchev–Trinajstić information content (AvgIpc) is 2.48. The Kier molecular flexibility index (Phi) is 4.19. The van der Waals surface area contributed by atoms with E-state index in [1.165, 1.54) is 6.07 Å². The molecular formula is C13H11N5O2. The van der Waals surface area contributed by atoms with Crippen molar-refractivity contribution in [1.29, 1.82) is 5.26 Å². The second-order valence-corrected chi connectivity index (χ2v) is 4.00. The van der Waals surface area contributed by atoms with E-state index in [1.54, 1.807) is 12.4 Å². The smallest absolute Gasteiger partial charge is 0.289 e. The molecule has 7 nitrogen and oxygen atoms in total. The predicted octanol–water partition coefficient (Wildman–Crippen LogP) is 1.91. The molecule has 0 aliphatic rings. The number of nitrogens with zero attached hydrogens (tertiary/aromatic N) is 4. The van der Waals surface area contributed by atoms with E-state index >= 15 is 0 Å². The summed E-state index contributed by atoms with van der Waals surface area (Å²) in [5.74, 6) is 0.349. The van der Waals surface area contributed by atoms with Crippen LogP contribution in [0.15, 0.2) is 36.8 Å². The van der Waals surface area contributed by atoms with Crippen molar-refractivity contribution in [2.75, 3.05) is 11.9 Å². The van der Waals surface area contributed by atoms with E-state index in [9.17, 15) is 10.1 Å². The van der Waals surface area contributed by atoms with Crippen LogP contribution in [0.3, 0.4) is 0 Å². The van der Waals surface area contributed by atoms with Crippen LogP contribution in [0.1, 0.15) is 11.1 Å². The highest BCUT2D eigenvalue weighted by molar-refractivity contribution is 5.55. The summed E-state index contributed by atoms with van der Waals surface area (Å²) < 4.78 is 0. The fraction of sp³-hybridized carbons (Fsp3) is 0.154. The zero-order valence-corrected chi connectivity index (χ0v) is 10.5. The zero-order chi connectivity index (χ0) is 14.4. The summed E-state index contributed by atoms with van der Waals surface area (Å²) in [4.78, 5) is 17.9.